The molecule has 0 bridgehead atoms. The molecule has 0 aliphatic carbocycles. The molecule has 0 spiro atoms. The van der Waals surface area contributed by atoms with E-state index < -0.39 is 11.8 Å². The lowest BCUT2D eigenvalue weighted by Gasteiger charge is -2.07. The van der Waals surface area contributed by atoms with Crippen LogP contribution in [-0.4, -0.2) is 11.8 Å². The van der Waals surface area contributed by atoms with Crippen LogP contribution in [0.4, 0.5) is 11.4 Å². The molecule has 22 heavy (non-hydrogen) atoms. The number of rotatable bonds is 2. The Morgan fingerprint density at radius 2 is 1.36 bits per heavy atom. The molecule has 0 aromatic heterocycles. The fourth-order valence-electron chi connectivity index (χ4n) is 1.63. The van der Waals surface area contributed by atoms with Gasteiger partial charge in [0.15, 0.2) is 0 Å². The highest BCUT2D eigenvalue weighted by Crippen LogP contribution is 2.22. The summed E-state index contributed by atoms with van der Waals surface area (Å²) in [4.78, 5) is 23.6. The van der Waals surface area contributed by atoms with Crippen molar-refractivity contribution in [2.24, 2.45) is 0 Å². The maximum atomic E-state index is 11.8. The van der Waals surface area contributed by atoms with E-state index in [1.54, 1.807) is 0 Å². The van der Waals surface area contributed by atoms with Gasteiger partial charge in [0.25, 0.3) is 0 Å². The molecule has 0 unspecified atom stereocenters. The van der Waals surface area contributed by atoms with Crippen LogP contribution in [0.15, 0.2) is 42.5 Å². The van der Waals surface area contributed by atoms with E-state index in [1.807, 2.05) is 6.07 Å². The number of amides is 2. The summed E-state index contributed by atoms with van der Waals surface area (Å²) in [6.45, 7) is 0. The maximum Gasteiger partial charge on any atom is 0.314 e. The molecular weight excluding hydrogens is 325 g/mol. The molecule has 0 saturated heterocycles. The molecule has 0 heterocycles. The van der Waals surface area contributed by atoms with Gasteiger partial charge in [-0.25, -0.2) is 0 Å². The molecule has 0 radical (unpaired) electrons. The number of nitrogens with one attached hydrogen (secondary N) is 2. The zero-order chi connectivity index (χ0) is 16.1. The molecule has 0 saturated carbocycles. The van der Waals surface area contributed by atoms with Gasteiger partial charge in [0.05, 0.1) is 11.6 Å². The number of nitrogens with zero attached hydrogens (tertiary/aromatic N) is 1. The van der Waals surface area contributed by atoms with Crippen molar-refractivity contribution < 1.29 is 9.59 Å². The van der Waals surface area contributed by atoms with Crippen molar-refractivity contribution in [2.45, 2.75) is 0 Å². The van der Waals surface area contributed by atoms with Crippen LogP contribution in [0.25, 0.3) is 0 Å². The predicted molar refractivity (Wildman–Crippen MR) is 84.9 cm³/mol. The van der Waals surface area contributed by atoms with Gasteiger partial charge in [-0.1, -0.05) is 23.2 Å². The van der Waals surface area contributed by atoms with Crippen LogP contribution in [0.3, 0.4) is 0 Å². The summed E-state index contributed by atoms with van der Waals surface area (Å²) in [7, 11) is 0. The molecule has 0 atom stereocenters. The molecule has 2 aromatic carbocycles. The van der Waals surface area contributed by atoms with Crippen molar-refractivity contribution >= 4 is 46.4 Å². The summed E-state index contributed by atoms with van der Waals surface area (Å²) in [6, 6.07) is 12.5. The fourth-order valence-corrected chi connectivity index (χ4v) is 2.16. The monoisotopic (exact) mass is 333 g/mol. The first-order valence-electron chi connectivity index (χ1n) is 6.06. The molecule has 2 N–H and O–H groups in total. The quantitative estimate of drug-likeness (QED) is 0.826. The average Bonchev–Trinajstić information content (AvgIpc) is 2.46. The predicted octanol–water partition coefficient (Wildman–Crippen LogP) is 3.44. The standard InChI is InChI=1S/C15H9Cl2N3O2/c16-10-5-11(17)7-13(6-10)20-15(22)14(21)19-12-3-1-9(8-18)2-4-12/h1-7H,(H,19,21)(H,20,22). The molecule has 5 nitrogen and oxygen atoms in total. The lowest BCUT2D eigenvalue weighted by molar-refractivity contribution is -0.132. The van der Waals surface area contributed by atoms with Crippen molar-refractivity contribution in [2.75, 3.05) is 10.6 Å². The average molecular weight is 334 g/mol. The second-order valence-corrected chi connectivity index (χ2v) is 5.13. The number of nitriles is 1. The minimum absolute atomic E-state index is 0.317. The lowest BCUT2D eigenvalue weighted by Crippen LogP contribution is -2.29. The summed E-state index contributed by atoms with van der Waals surface area (Å²) in [5.74, 6) is -1.71. The van der Waals surface area contributed by atoms with E-state index in [2.05, 4.69) is 10.6 Å². The number of hydrogen-bond donors (Lipinski definition) is 2. The SMILES string of the molecule is N#Cc1ccc(NC(=O)C(=O)Nc2cc(Cl)cc(Cl)c2)cc1. The van der Waals surface area contributed by atoms with Gasteiger partial charge in [0.2, 0.25) is 0 Å². The summed E-state index contributed by atoms with van der Waals surface area (Å²) in [5, 5.41) is 14.2. The number of carbonyl (C=O) groups excluding carboxylic acids is 2. The highest BCUT2D eigenvalue weighted by atomic mass is 35.5. The largest absolute Gasteiger partial charge is 0.318 e. The normalized spacial score (nSPS) is 9.68. The molecule has 0 aliphatic rings. The summed E-state index contributed by atoms with van der Waals surface area (Å²) in [6.07, 6.45) is 0. The Morgan fingerprint density at radius 3 is 1.86 bits per heavy atom. The van der Waals surface area contributed by atoms with Gasteiger partial charge in [-0.3, -0.25) is 9.59 Å². The van der Waals surface area contributed by atoms with Crippen LogP contribution in [0.5, 0.6) is 0 Å². The third-order valence-electron chi connectivity index (χ3n) is 2.60. The minimum Gasteiger partial charge on any atom is -0.318 e. The Morgan fingerprint density at radius 1 is 0.864 bits per heavy atom. The van der Waals surface area contributed by atoms with Gasteiger partial charge >= 0.3 is 11.8 Å². The summed E-state index contributed by atoms with van der Waals surface area (Å²) < 4.78 is 0. The Bertz CT molecular complexity index is 747. The minimum atomic E-state index is -0.859. The number of anilines is 2. The highest BCUT2D eigenvalue weighted by molar-refractivity contribution is 6.44. The lowest BCUT2D eigenvalue weighted by atomic mass is 10.2. The summed E-state index contributed by atoms with van der Waals surface area (Å²) >= 11 is 11.6. The van der Waals surface area contributed by atoms with E-state index >= 15 is 0 Å². The van der Waals surface area contributed by atoms with Crippen molar-refractivity contribution in [3.63, 3.8) is 0 Å². The van der Waals surface area contributed by atoms with Crippen molar-refractivity contribution in [1.82, 2.24) is 0 Å². The van der Waals surface area contributed by atoms with Gasteiger partial charge in [0.1, 0.15) is 0 Å². The second-order valence-electron chi connectivity index (χ2n) is 4.26. The summed E-state index contributed by atoms with van der Waals surface area (Å²) in [5.41, 5.74) is 1.18. The van der Waals surface area contributed by atoms with E-state index in [1.165, 1.54) is 42.5 Å². The number of carbonyl (C=O) groups is 2. The van der Waals surface area contributed by atoms with E-state index in [0.717, 1.165) is 0 Å². The van der Waals surface area contributed by atoms with Crippen molar-refractivity contribution in [3.05, 3.63) is 58.1 Å². The molecule has 7 heteroatoms. The zero-order valence-electron chi connectivity index (χ0n) is 11.1. The first kappa shape index (κ1) is 15.8. The Kier molecular flexibility index (Phi) is 4.99. The zero-order valence-corrected chi connectivity index (χ0v) is 12.6. The molecular formula is C15H9Cl2N3O2. The van der Waals surface area contributed by atoms with Crippen LogP contribution in [-0.2, 0) is 9.59 Å². The van der Waals surface area contributed by atoms with Crippen LogP contribution in [0.1, 0.15) is 5.56 Å². The molecule has 0 aliphatic heterocycles. The Balaban J connectivity index is 2.02. The Labute approximate surface area is 136 Å². The fraction of sp³-hybridized carbons (Fsp3) is 0. The van der Waals surface area contributed by atoms with Gasteiger partial charge in [0, 0.05) is 21.4 Å². The molecule has 2 rings (SSSR count). The van der Waals surface area contributed by atoms with Crippen LogP contribution in [0.2, 0.25) is 10.0 Å². The van der Waals surface area contributed by atoms with E-state index in [0.29, 0.717) is 27.0 Å². The van der Waals surface area contributed by atoms with Crippen LogP contribution in [0, 0.1) is 11.3 Å². The van der Waals surface area contributed by atoms with Gasteiger partial charge in [-0.15, -0.1) is 0 Å². The van der Waals surface area contributed by atoms with E-state index in [-0.39, 0.29) is 0 Å². The number of halogens is 2. The number of benzene rings is 2. The second kappa shape index (κ2) is 6.94. The van der Waals surface area contributed by atoms with Gasteiger partial charge in [-0.05, 0) is 42.5 Å². The van der Waals surface area contributed by atoms with Crippen molar-refractivity contribution in [3.8, 4) is 6.07 Å². The van der Waals surface area contributed by atoms with Crippen LogP contribution >= 0.6 is 23.2 Å². The first-order valence-corrected chi connectivity index (χ1v) is 6.82. The highest BCUT2D eigenvalue weighted by Gasteiger charge is 2.14. The van der Waals surface area contributed by atoms with Crippen LogP contribution < -0.4 is 10.6 Å². The van der Waals surface area contributed by atoms with E-state index in [9.17, 15) is 9.59 Å². The molecule has 110 valence electrons. The number of hydrogen-bond acceptors (Lipinski definition) is 3. The third kappa shape index (κ3) is 4.22. The molecule has 2 amide bonds. The van der Waals surface area contributed by atoms with Crippen molar-refractivity contribution in [1.29, 1.82) is 5.26 Å². The van der Waals surface area contributed by atoms with Gasteiger partial charge < -0.3 is 10.6 Å². The van der Waals surface area contributed by atoms with E-state index in [4.69, 9.17) is 28.5 Å². The maximum absolute atomic E-state index is 11.8. The smallest absolute Gasteiger partial charge is 0.314 e. The molecule has 0 fully saturated rings. The third-order valence-corrected chi connectivity index (χ3v) is 3.03. The first-order chi connectivity index (χ1) is 10.5. The van der Waals surface area contributed by atoms with Gasteiger partial charge in [-0.2, -0.15) is 5.26 Å². The topological polar surface area (TPSA) is 82.0 Å². The molecule has 2 aromatic rings. The Hall–Kier alpha value is -2.55.